The molecule has 1 fully saturated rings. The number of likely N-dealkylation sites (N-methyl/N-ethyl adjacent to an activating group) is 1. The number of halogens is 1. The van der Waals surface area contributed by atoms with Crippen LogP contribution in [0.4, 0.5) is 15.9 Å². The Labute approximate surface area is 272 Å². The van der Waals surface area contributed by atoms with Gasteiger partial charge in [-0.05, 0) is 93.4 Å². The van der Waals surface area contributed by atoms with E-state index in [0.29, 0.717) is 16.8 Å². The molecular weight excluding hydrogens is 597 g/mol. The van der Waals surface area contributed by atoms with Gasteiger partial charge in [0.25, 0.3) is 11.5 Å². The molecule has 5 aromatic rings. The third-order valence-electron chi connectivity index (χ3n) is 8.79. The Morgan fingerprint density at radius 3 is 2.51 bits per heavy atom. The largest absolute Gasteiger partial charge is 0.371 e. The van der Waals surface area contributed by atoms with Crippen LogP contribution in [0.2, 0.25) is 0 Å². The van der Waals surface area contributed by atoms with Crippen molar-refractivity contribution < 1.29 is 14.0 Å². The van der Waals surface area contributed by atoms with E-state index >= 15 is 0 Å². The fourth-order valence-corrected chi connectivity index (χ4v) is 6.09. The van der Waals surface area contributed by atoms with Gasteiger partial charge in [0, 0.05) is 54.2 Å². The lowest BCUT2D eigenvalue weighted by atomic mass is 10.1. The number of anilines is 2. The maximum absolute atomic E-state index is 14.2. The van der Waals surface area contributed by atoms with Crippen LogP contribution in [0.15, 0.2) is 77.9 Å². The molecule has 11 heteroatoms. The van der Waals surface area contributed by atoms with Gasteiger partial charge >= 0.3 is 0 Å². The Morgan fingerprint density at radius 2 is 1.77 bits per heavy atom. The highest BCUT2D eigenvalue weighted by molar-refractivity contribution is 5.95. The Bertz CT molecular complexity index is 2040. The summed E-state index contributed by atoms with van der Waals surface area (Å²) in [6.45, 7) is 5.66. The Morgan fingerprint density at radius 1 is 1.00 bits per heavy atom. The average Bonchev–Trinajstić information content (AvgIpc) is 3.74. The monoisotopic (exact) mass is 635 g/mol. The number of nitrogens with one attached hydrogen (secondary N) is 3. The second-order valence-corrected chi connectivity index (χ2v) is 11.9. The molecule has 1 unspecified atom stereocenters. The summed E-state index contributed by atoms with van der Waals surface area (Å²) in [4.78, 5) is 46.1. The van der Waals surface area contributed by atoms with Crippen LogP contribution in [0.1, 0.15) is 41.3 Å². The highest BCUT2D eigenvalue weighted by Crippen LogP contribution is 2.31. The van der Waals surface area contributed by atoms with Gasteiger partial charge in [-0.1, -0.05) is 12.1 Å². The number of carbonyl (C=O) groups is 2. The van der Waals surface area contributed by atoms with Crippen molar-refractivity contribution in [3.63, 3.8) is 0 Å². The fourth-order valence-electron chi connectivity index (χ4n) is 6.09. The lowest BCUT2D eigenvalue weighted by Crippen LogP contribution is -2.38. The number of rotatable bonds is 9. The van der Waals surface area contributed by atoms with Crippen LogP contribution in [0, 0.1) is 12.7 Å². The van der Waals surface area contributed by atoms with E-state index in [0.717, 1.165) is 59.3 Å². The number of nitrogens with zero attached hydrogens (tertiary/aromatic N) is 4. The summed E-state index contributed by atoms with van der Waals surface area (Å²) in [5.41, 5.74) is 5.67. The molecule has 3 aromatic carbocycles. The van der Waals surface area contributed by atoms with Crippen LogP contribution in [0.25, 0.3) is 27.8 Å². The zero-order valence-corrected chi connectivity index (χ0v) is 26.9. The minimum atomic E-state index is -0.540. The smallest absolute Gasteiger partial charge is 0.294 e. The van der Waals surface area contributed by atoms with Crippen LogP contribution in [-0.2, 0) is 11.3 Å². The van der Waals surface area contributed by atoms with E-state index in [4.69, 9.17) is 0 Å². The lowest BCUT2D eigenvalue weighted by Gasteiger charge is -2.22. The predicted molar refractivity (Wildman–Crippen MR) is 183 cm³/mol. The maximum Gasteiger partial charge on any atom is 0.294 e. The summed E-state index contributed by atoms with van der Waals surface area (Å²) >= 11 is 0. The number of fused-ring (bicyclic) bond motifs is 1. The van der Waals surface area contributed by atoms with Crippen molar-refractivity contribution in [1.29, 1.82) is 0 Å². The van der Waals surface area contributed by atoms with Crippen LogP contribution < -0.4 is 26.4 Å². The van der Waals surface area contributed by atoms with Gasteiger partial charge in [0.15, 0.2) is 5.82 Å². The lowest BCUT2D eigenvalue weighted by molar-refractivity contribution is -0.117. The number of hydrogen-bond donors (Lipinski definition) is 3. The van der Waals surface area contributed by atoms with E-state index in [1.807, 2.05) is 25.3 Å². The van der Waals surface area contributed by atoms with Crippen molar-refractivity contribution in [2.45, 2.75) is 39.3 Å². The van der Waals surface area contributed by atoms with Crippen LogP contribution in [0.5, 0.6) is 0 Å². The van der Waals surface area contributed by atoms with Gasteiger partial charge in [0.05, 0.1) is 30.0 Å². The first kappa shape index (κ1) is 31.7. The number of hydrogen-bond acceptors (Lipinski definition) is 6. The molecule has 1 aliphatic heterocycles. The summed E-state index contributed by atoms with van der Waals surface area (Å²) in [5, 5.41) is 9.02. The summed E-state index contributed by atoms with van der Waals surface area (Å²) in [7, 11) is 3.22. The Kier molecular flexibility index (Phi) is 8.91. The highest BCUT2D eigenvalue weighted by Gasteiger charge is 2.20. The third kappa shape index (κ3) is 6.39. The van der Waals surface area contributed by atoms with Crippen molar-refractivity contribution in [2.24, 2.45) is 0 Å². The molecule has 0 saturated carbocycles. The molecule has 0 aliphatic carbocycles. The molecule has 2 aromatic heterocycles. The minimum absolute atomic E-state index is 0.0896. The van der Waals surface area contributed by atoms with Gasteiger partial charge < -0.3 is 25.4 Å². The number of aromatic nitrogens is 3. The minimum Gasteiger partial charge on any atom is -0.371 e. The molecule has 10 nitrogen and oxygen atoms in total. The zero-order valence-electron chi connectivity index (χ0n) is 26.9. The summed E-state index contributed by atoms with van der Waals surface area (Å²) < 4.78 is 17.8. The Hall–Kier alpha value is -5.29. The first-order valence-corrected chi connectivity index (χ1v) is 15.7. The van der Waals surface area contributed by atoms with E-state index in [1.54, 1.807) is 62.1 Å². The van der Waals surface area contributed by atoms with E-state index in [1.165, 1.54) is 6.07 Å². The second-order valence-electron chi connectivity index (χ2n) is 11.9. The number of amides is 2. The predicted octanol–water partition coefficient (Wildman–Crippen LogP) is 4.86. The fraction of sp³-hybridized carbons (Fsp3) is 0.278. The summed E-state index contributed by atoms with van der Waals surface area (Å²) in [5.74, 6) is -1.02. The van der Waals surface area contributed by atoms with Gasteiger partial charge in [-0.2, -0.15) is 0 Å². The van der Waals surface area contributed by atoms with Crippen molar-refractivity contribution in [3.8, 4) is 16.9 Å². The standard InChI is InChI=1S/C36H38FN7O3/c1-22-20-43(31-11-10-27(37)17-30(22)31)29-15-24(14-28(18-29)42-12-5-6-13-42)21-44-32(25-8-7-9-26(16-25)35(46)39-4)19-40-33(36(44)47)41-34(45)23(2)38-3/h7-11,14-20,23,38H,5-6,12-13,21H2,1-4H3,(H,39,46)(H,40,41,45). The summed E-state index contributed by atoms with van der Waals surface area (Å²) in [6.07, 6.45) is 5.73. The SMILES string of the molecule is CNC(=O)c1cccc(-c2cnc(NC(=O)C(C)NC)c(=O)n2Cc2cc(N3CCCC3)cc(-n3cc(C)c4cc(F)ccc43)c2)c1. The molecule has 2 amide bonds. The van der Waals surface area contributed by atoms with E-state index < -0.39 is 11.6 Å². The molecule has 1 saturated heterocycles. The number of aryl methyl sites for hydroxylation is 1. The molecule has 0 radical (unpaired) electrons. The van der Waals surface area contributed by atoms with Gasteiger partial charge in [-0.15, -0.1) is 0 Å². The molecule has 6 rings (SSSR count). The van der Waals surface area contributed by atoms with E-state index in [2.05, 4.69) is 42.5 Å². The van der Waals surface area contributed by atoms with Gasteiger partial charge in [0.1, 0.15) is 5.82 Å². The third-order valence-corrected chi connectivity index (χ3v) is 8.79. The second kappa shape index (κ2) is 13.2. The van der Waals surface area contributed by atoms with Gasteiger partial charge in [-0.25, -0.2) is 9.37 Å². The van der Waals surface area contributed by atoms with Crippen LogP contribution >= 0.6 is 0 Å². The van der Waals surface area contributed by atoms with Crippen LogP contribution in [-0.4, -0.2) is 59.2 Å². The normalized spacial score (nSPS) is 13.6. The highest BCUT2D eigenvalue weighted by atomic mass is 19.1. The van der Waals surface area contributed by atoms with Crippen molar-refractivity contribution in [3.05, 3.63) is 106 Å². The quantitative estimate of drug-likeness (QED) is 0.213. The molecule has 1 aliphatic rings. The number of benzene rings is 3. The Balaban J connectivity index is 1.51. The molecule has 47 heavy (non-hydrogen) atoms. The van der Waals surface area contributed by atoms with Gasteiger partial charge in [-0.3, -0.25) is 19.0 Å². The average molecular weight is 636 g/mol. The molecule has 242 valence electrons. The topological polar surface area (TPSA) is 113 Å². The molecule has 0 bridgehead atoms. The first-order valence-electron chi connectivity index (χ1n) is 15.7. The molecule has 0 spiro atoms. The first-order chi connectivity index (χ1) is 22.7. The maximum atomic E-state index is 14.2. The van der Waals surface area contributed by atoms with Gasteiger partial charge in [0.2, 0.25) is 5.91 Å². The van der Waals surface area contributed by atoms with Crippen molar-refractivity contribution in [1.82, 2.24) is 24.8 Å². The van der Waals surface area contributed by atoms with Crippen LogP contribution in [0.3, 0.4) is 0 Å². The van der Waals surface area contributed by atoms with E-state index in [-0.39, 0.29) is 30.0 Å². The summed E-state index contributed by atoms with van der Waals surface area (Å²) in [6, 6.07) is 17.5. The van der Waals surface area contributed by atoms with Crippen molar-refractivity contribution >= 4 is 34.2 Å². The van der Waals surface area contributed by atoms with E-state index in [9.17, 15) is 18.8 Å². The molecule has 3 heterocycles. The van der Waals surface area contributed by atoms with Crippen molar-refractivity contribution in [2.75, 3.05) is 37.4 Å². The number of carbonyl (C=O) groups excluding carboxylic acids is 2. The zero-order chi connectivity index (χ0) is 33.2. The molecule has 3 N–H and O–H groups in total. The molecule has 1 atom stereocenters. The molecular formula is C36H38FN7O3.